The summed E-state index contributed by atoms with van der Waals surface area (Å²) >= 11 is 0. The molecule has 2 heterocycles. The molecule has 0 radical (unpaired) electrons. The summed E-state index contributed by atoms with van der Waals surface area (Å²) in [6.07, 6.45) is 6.54. The van der Waals surface area contributed by atoms with Gasteiger partial charge in [0.25, 0.3) is 0 Å². The van der Waals surface area contributed by atoms with E-state index in [4.69, 9.17) is 5.73 Å². The van der Waals surface area contributed by atoms with Crippen LogP contribution in [-0.2, 0) is 6.42 Å². The maximum atomic E-state index is 10.7. The minimum Gasteiger partial charge on any atom is -0.398 e. The Labute approximate surface area is 173 Å². The van der Waals surface area contributed by atoms with Crippen molar-refractivity contribution in [3.8, 4) is 11.3 Å². The molecule has 0 amide bonds. The molecule has 1 aliphatic rings. The van der Waals surface area contributed by atoms with Crippen molar-refractivity contribution in [2.24, 2.45) is 0 Å². The molecule has 3 aromatic rings. The van der Waals surface area contributed by atoms with Crippen LogP contribution in [0.2, 0.25) is 0 Å². The third-order valence-corrected chi connectivity index (χ3v) is 5.75. The Balaban J connectivity index is 1.53. The smallest absolute Gasteiger partial charge is 0.0794 e. The van der Waals surface area contributed by atoms with E-state index in [1.807, 2.05) is 36.4 Å². The largest absolute Gasteiger partial charge is 0.398 e. The molecule has 2 aromatic carbocycles. The van der Waals surface area contributed by atoms with E-state index in [1.54, 1.807) is 6.20 Å². The number of anilines is 2. The van der Waals surface area contributed by atoms with Gasteiger partial charge in [-0.15, -0.1) is 0 Å². The molecular weight excluding hydrogens is 358 g/mol. The van der Waals surface area contributed by atoms with Crippen molar-refractivity contribution in [2.75, 3.05) is 23.7 Å². The number of aliphatic hydroxyl groups excluding tert-OH is 1. The lowest BCUT2D eigenvalue weighted by Gasteiger charge is -2.29. The summed E-state index contributed by atoms with van der Waals surface area (Å²) in [5.74, 6) is 0. The number of piperidine rings is 1. The second kappa shape index (κ2) is 9.10. The second-order valence-electron chi connectivity index (χ2n) is 7.83. The first-order valence-corrected chi connectivity index (χ1v) is 10.5. The van der Waals surface area contributed by atoms with Gasteiger partial charge in [-0.3, -0.25) is 4.98 Å². The average molecular weight is 388 g/mol. The summed E-state index contributed by atoms with van der Waals surface area (Å²) in [5.41, 5.74) is 12.1. The number of rotatable bonds is 6. The predicted octanol–water partition coefficient (Wildman–Crippen LogP) is 4.99. The zero-order valence-electron chi connectivity index (χ0n) is 16.8. The molecule has 0 bridgehead atoms. The molecule has 0 saturated carbocycles. The van der Waals surface area contributed by atoms with Gasteiger partial charge in [-0.2, -0.15) is 0 Å². The fraction of sp³-hybridized carbons (Fsp3) is 0.320. The highest BCUT2D eigenvalue weighted by Gasteiger charge is 2.15. The van der Waals surface area contributed by atoms with Gasteiger partial charge in [0, 0.05) is 36.2 Å². The van der Waals surface area contributed by atoms with Crippen molar-refractivity contribution in [3.63, 3.8) is 0 Å². The first-order chi connectivity index (χ1) is 14.2. The van der Waals surface area contributed by atoms with Gasteiger partial charge >= 0.3 is 0 Å². The van der Waals surface area contributed by atoms with E-state index in [0.717, 1.165) is 36.3 Å². The Bertz CT molecular complexity index is 936. The minimum absolute atomic E-state index is 0.525. The van der Waals surface area contributed by atoms with Gasteiger partial charge in [-0.1, -0.05) is 30.3 Å². The fourth-order valence-electron chi connectivity index (χ4n) is 4.03. The van der Waals surface area contributed by atoms with Crippen LogP contribution < -0.4 is 10.6 Å². The number of aliphatic hydroxyl groups is 1. The molecular formula is C25H29N3O. The van der Waals surface area contributed by atoms with Crippen LogP contribution in [0.25, 0.3) is 11.3 Å². The number of hydrogen-bond donors (Lipinski definition) is 2. The van der Waals surface area contributed by atoms with Crippen LogP contribution in [0.15, 0.2) is 66.9 Å². The third kappa shape index (κ3) is 4.77. The van der Waals surface area contributed by atoms with Crippen LogP contribution in [0.1, 0.15) is 42.9 Å². The fourth-order valence-corrected chi connectivity index (χ4v) is 4.03. The summed E-state index contributed by atoms with van der Waals surface area (Å²) in [6.45, 7) is 2.18. The molecule has 1 atom stereocenters. The topological polar surface area (TPSA) is 62.4 Å². The molecule has 0 spiro atoms. The summed E-state index contributed by atoms with van der Waals surface area (Å²) in [6, 6.07) is 20.3. The quantitative estimate of drug-likeness (QED) is 0.585. The van der Waals surface area contributed by atoms with Crippen LogP contribution in [0.4, 0.5) is 11.4 Å². The first kappa shape index (κ1) is 19.5. The van der Waals surface area contributed by atoms with Gasteiger partial charge in [-0.25, -0.2) is 0 Å². The van der Waals surface area contributed by atoms with Crippen molar-refractivity contribution in [1.82, 2.24) is 4.98 Å². The van der Waals surface area contributed by atoms with Gasteiger partial charge in [0.2, 0.25) is 0 Å². The molecule has 29 heavy (non-hydrogen) atoms. The molecule has 3 N–H and O–H groups in total. The Morgan fingerprint density at radius 3 is 2.55 bits per heavy atom. The van der Waals surface area contributed by atoms with Crippen molar-refractivity contribution in [3.05, 3.63) is 78.0 Å². The average Bonchev–Trinajstić information content (AvgIpc) is 2.79. The maximum Gasteiger partial charge on any atom is 0.0794 e. The first-order valence-electron chi connectivity index (χ1n) is 10.5. The Hall–Kier alpha value is -2.85. The molecule has 4 heteroatoms. The van der Waals surface area contributed by atoms with Crippen molar-refractivity contribution in [1.29, 1.82) is 0 Å². The Morgan fingerprint density at radius 2 is 1.76 bits per heavy atom. The van der Waals surface area contributed by atoms with E-state index in [0.29, 0.717) is 12.1 Å². The summed E-state index contributed by atoms with van der Waals surface area (Å²) < 4.78 is 0. The van der Waals surface area contributed by atoms with E-state index >= 15 is 0 Å². The highest BCUT2D eigenvalue weighted by Crippen LogP contribution is 2.32. The number of aromatic nitrogens is 1. The third-order valence-electron chi connectivity index (χ3n) is 5.75. The number of pyridine rings is 1. The van der Waals surface area contributed by atoms with Gasteiger partial charge < -0.3 is 15.7 Å². The SMILES string of the molecule is Nc1ccc(N2CCCCC2)cc1-c1cc(C(O)CCc2ccccc2)ccn1. The van der Waals surface area contributed by atoms with Crippen LogP contribution in [0.3, 0.4) is 0 Å². The number of nitrogens with zero attached hydrogens (tertiary/aromatic N) is 2. The molecule has 1 fully saturated rings. The van der Waals surface area contributed by atoms with E-state index in [-0.39, 0.29) is 0 Å². The minimum atomic E-state index is -0.525. The summed E-state index contributed by atoms with van der Waals surface area (Å²) in [4.78, 5) is 6.97. The number of aryl methyl sites for hydroxylation is 1. The molecule has 4 nitrogen and oxygen atoms in total. The monoisotopic (exact) mass is 387 g/mol. The molecule has 1 unspecified atom stereocenters. The lowest BCUT2D eigenvalue weighted by atomic mass is 9.99. The maximum absolute atomic E-state index is 10.7. The zero-order chi connectivity index (χ0) is 20.1. The lowest BCUT2D eigenvalue weighted by Crippen LogP contribution is -2.29. The van der Waals surface area contributed by atoms with Crippen molar-refractivity contribution < 1.29 is 5.11 Å². The standard InChI is InChI=1S/C25H29N3O/c26-23-11-10-21(28-15-5-2-6-16-28)18-22(23)24-17-20(13-14-27-24)25(29)12-9-19-7-3-1-4-8-19/h1,3-4,7-8,10-11,13-14,17-18,25,29H,2,5-6,9,12,15-16,26H2. The summed E-state index contributed by atoms with van der Waals surface area (Å²) in [7, 11) is 0. The van der Waals surface area contributed by atoms with E-state index < -0.39 is 6.10 Å². The highest BCUT2D eigenvalue weighted by atomic mass is 16.3. The normalized spacial score (nSPS) is 15.3. The number of benzene rings is 2. The predicted molar refractivity (Wildman–Crippen MR) is 120 cm³/mol. The van der Waals surface area contributed by atoms with Crippen LogP contribution >= 0.6 is 0 Å². The van der Waals surface area contributed by atoms with Crippen LogP contribution in [-0.4, -0.2) is 23.2 Å². The summed E-state index contributed by atoms with van der Waals surface area (Å²) in [5, 5.41) is 10.7. The number of hydrogen-bond acceptors (Lipinski definition) is 4. The molecule has 1 aliphatic heterocycles. The van der Waals surface area contributed by atoms with E-state index in [9.17, 15) is 5.11 Å². The second-order valence-corrected chi connectivity index (χ2v) is 7.83. The van der Waals surface area contributed by atoms with Gasteiger partial charge in [0.1, 0.15) is 0 Å². The molecule has 1 saturated heterocycles. The van der Waals surface area contributed by atoms with E-state index in [1.165, 1.54) is 30.5 Å². The van der Waals surface area contributed by atoms with Gasteiger partial charge in [0.05, 0.1) is 11.8 Å². The van der Waals surface area contributed by atoms with Gasteiger partial charge in [-0.05, 0) is 73.6 Å². The Morgan fingerprint density at radius 1 is 0.966 bits per heavy atom. The van der Waals surface area contributed by atoms with Crippen LogP contribution in [0, 0.1) is 0 Å². The highest BCUT2D eigenvalue weighted by molar-refractivity contribution is 5.78. The van der Waals surface area contributed by atoms with Crippen molar-refractivity contribution in [2.45, 2.75) is 38.2 Å². The number of nitrogens with two attached hydrogens (primary N) is 1. The van der Waals surface area contributed by atoms with Crippen molar-refractivity contribution >= 4 is 11.4 Å². The van der Waals surface area contributed by atoms with Crippen LogP contribution in [0.5, 0.6) is 0 Å². The lowest BCUT2D eigenvalue weighted by molar-refractivity contribution is 0.168. The van der Waals surface area contributed by atoms with E-state index in [2.05, 4.69) is 34.1 Å². The number of nitrogen functional groups attached to an aromatic ring is 1. The molecule has 150 valence electrons. The zero-order valence-corrected chi connectivity index (χ0v) is 16.8. The molecule has 1 aromatic heterocycles. The molecule has 0 aliphatic carbocycles. The van der Waals surface area contributed by atoms with Gasteiger partial charge in [0.15, 0.2) is 0 Å². The Kier molecular flexibility index (Phi) is 6.11. The molecule has 4 rings (SSSR count).